The van der Waals surface area contributed by atoms with E-state index in [2.05, 4.69) is 5.32 Å². The molecule has 1 N–H and O–H groups in total. The first kappa shape index (κ1) is 14.8. The van der Waals surface area contributed by atoms with Gasteiger partial charge in [0, 0.05) is 11.3 Å². The summed E-state index contributed by atoms with van der Waals surface area (Å²) in [5.74, 6) is -0.224. The zero-order valence-corrected chi connectivity index (χ0v) is 12.9. The van der Waals surface area contributed by atoms with Crippen LogP contribution in [0.25, 0.3) is 0 Å². The molecule has 0 aromatic heterocycles. The molecule has 1 heterocycles. The molecule has 1 aliphatic heterocycles. The predicted octanol–water partition coefficient (Wildman–Crippen LogP) is 3.74. The Bertz CT molecular complexity index is 696. The number of para-hydroxylation sites is 1. The molecule has 1 unspecified atom stereocenters. The Morgan fingerprint density at radius 2 is 1.64 bits per heavy atom. The average molecular weight is 297 g/mol. The SMILES string of the molecule is CC(C)(OOC1(C)C(=O)Nc2ccccc21)c1ccccc1. The van der Waals surface area contributed by atoms with Crippen LogP contribution in [0.1, 0.15) is 31.9 Å². The van der Waals surface area contributed by atoms with Crippen molar-refractivity contribution in [2.75, 3.05) is 5.32 Å². The van der Waals surface area contributed by atoms with Gasteiger partial charge in [0.1, 0.15) is 5.60 Å². The summed E-state index contributed by atoms with van der Waals surface area (Å²) in [5.41, 5.74) is 0.704. The van der Waals surface area contributed by atoms with Crippen LogP contribution >= 0.6 is 0 Å². The third kappa shape index (κ3) is 2.40. The van der Waals surface area contributed by atoms with Crippen LogP contribution in [0.5, 0.6) is 0 Å². The summed E-state index contributed by atoms with van der Waals surface area (Å²) in [6.45, 7) is 5.53. The van der Waals surface area contributed by atoms with Gasteiger partial charge < -0.3 is 5.32 Å². The third-order valence-corrected chi connectivity index (χ3v) is 4.01. The van der Waals surface area contributed by atoms with Crippen molar-refractivity contribution in [3.8, 4) is 0 Å². The Kier molecular flexibility index (Phi) is 3.51. The number of hydrogen-bond donors (Lipinski definition) is 1. The molecule has 2 aromatic carbocycles. The first-order chi connectivity index (χ1) is 10.4. The van der Waals surface area contributed by atoms with E-state index in [-0.39, 0.29) is 5.91 Å². The maximum Gasteiger partial charge on any atom is 0.264 e. The summed E-state index contributed by atoms with van der Waals surface area (Å²) in [6.07, 6.45) is 0. The molecule has 0 radical (unpaired) electrons. The largest absolute Gasteiger partial charge is 0.323 e. The second kappa shape index (κ2) is 5.23. The molecule has 0 spiro atoms. The summed E-state index contributed by atoms with van der Waals surface area (Å²) in [4.78, 5) is 23.6. The normalized spacial score (nSPS) is 20.6. The molecule has 0 saturated carbocycles. The molecule has 0 saturated heterocycles. The fourth-order valence-corrected chi connectivity index (χ4v) is 2.53. The van der Waals surface area contributed by atoms with Gasteiger partial charge >= 0.3 is 0 Å². The van der Waals surface area contributed by atoms with E-state index in [4.69, 9.17) is 9.78 Å². The van der Waals surface area contributed by atoms with Gasteiger partial charge in [-0.1, -0.05) is 48.5 Å². The number of rotatable bonds is 4. The standard InChI is InChI=1S/C18H19NO3/c1-17(2,13-9-5-4-6-10-13)21-22-18(3)14-11-7-8-12-15(14)19-16(18)20/h4-12H,1-3H3,(H,19,20). The lowest BCUT2D eigenvalue weighted by atomic mass is 9.97. The highest BCUT2D eigenvalue weighted by molar-refractivity contribution is 6.04. The molecule has 4 heteroatoms. The lowest BCUT2D eigenvalue weighted by Gasteiger charge is -2.29. The number of carbonyl (C=O) groups excluding carboxylic acids is 1. The van der Waals surface area contributed by atoms with Gasteiger partial charge in [-0.15, -0.1) is 0 Å². The molecule has 1 amide bonds. The van der Waals surface area contributed by atoms with Crippen molar-refractivity contribution in [3.05, 3.63) is 65.7 Å². The molecule has 3 rings (SSSR count). The maximum atomic E-state index is 12.3. The summed E-state index contributed by atoms with van der Waals surface area (Å²) < 4.78 is 0. The van der Waals surface area contributed by atoms with Gasteiger partial charge in [0.15, 0.2) is 0 Å². The van der Waals surface area contributed by atoms with Gasteiger partial charge in [-0.2, -0.15) is 0 Å². The highest BCUT2D eigenvalue weighted by Crippen LogP contribution is 2.40. The molecule has 114 valence electrons. The second-order valence-corrected chi connectivity index (χ2v) is 6.08. The van der Waals surface area contributed by atoms with Crippen LogP contribution in [0.3, 0.4) is 0 Å². The molecule has 0 bridgehead atoms. The zero-order chi connectivity index (χ0) is 15.8. The van der Waals surface area contributed by atoms with Crippen LogP contribution in [-0.4, -0.2) is 5.91 Å². The first-order valence-corrected chi connectivity index (χ1v) is 7.27. The van der Waals surface area contributed by atoms with Crippen molar-refractivity contribution in [1.82, 2.24) is 0 Å². The fourth-order valence-electron chi connectivity index (χ4n) is 2.53. The van der Waals surface area contributed by atoms with E-state index in [1.54, 1.807) is 6.92 Å². The smallest absolute Gasteiger partial charge is 0.264 e. The van der Waals surface area contributed by atoms with Crippen molar-refractivity contribution in [3.63, 3.8) is 0 Å². The van der Waals surface area contributed by atoms with E-state index < -0.39 is 11.2 Å². The minimum atomic E-state index is -1.15. The topological polar surface area (TPSA) is 47.6 Å². The molecular weight excluding hydrogens is 278 g/mol. The van der Waals surface area contributed by atoms with Crippen LogP contribution in [0, 0.1) is 0 Å². The highest BCUT2D eigenvalue weighted by Gasteiger charge is 2.46. The van der Waals surface area contributed by atoms with Crippen molar-refractivity contribution in [2.24, 2.45) is 0 Å². The molecule has 1 aliphatic rings. The first-order valence-electron chi connectivity index (χ1n) is 7.27. The van der Waals surface area contributed by atoms with Gasteiger partial charge in [-0.3, -0.25) is 4.79 Å². The summed E-state index contributed by atoms with van der Waals surface area (Å²) >= 11 is 0. The van der Waals surface area contributed by atoms with Crippen LogP contribution in [0.15, 0.2) is 54.6 Å². The number of fused-ring (bicyclic) bond motifs is 1. The Hall–Kier alpha value is -2.17. The second-order valence-electron chi connectivity index (χ2n) is 6.08. The summed E-state index contributed by atoms with van der Waals surface area (Å²) in [7, 11) is 0. The lowest BCUT2D eigenvalue weighted by Crippen LogP contribution is -2.37. The minimum absolute atomic E-state index is 0.224. The van der Waals surface area contributed by atoms with E-state index in [9.17, 15) is 4.79 Å². The monoisotopic (exact) mass is 297 g/mol. The van der Waals surface area contributed by atoms with Gasteiger partial charge in [-0.05, 0) is 32.4 Å². The third-order valence-electron chi connectivity index (χ3n) is 4.01. The Balaban J connectivity index is 1.83. The van der Waals surface area contributed by atoms with Crippen LogP contribution in [-0.2, 0) is 25.8 Å². The summed E-state index contributed by atoms with van der Waals surface area (Å²) in [5, 5.41) is 2.82. The van der Waals surface area contributed by atoms with Crippen molar-refractivity contribution >= 4 is 11.6 Å². The molecular formula is C18H19NO3. The van der Waals surface area contributed by atoms with E-state index in [1.165, 1.54) is 0 Å². The minimum Gasteiger partial charge on any atom is -0.323 e. The van der Waals surface area contributed by atoms with Crippen LogP contribution < -0.4 is 5.32 Å². The van der Waals surface area contributed by atoms with E-state index in [0.717, 1.165) is 16.8 Å². The number of amides is 1. The molecule has 22 heavy (non-hydrogen) atoms. The Labute approximate surface area is 130 Å². The highest BCUT2D eigenvalue weighted by atomic mass is 17.2. The van der Waals surface area contributed by atoms with Crippen molar-refractivity contribution in [2.45, 2.75) is 32.0 Å². The molecule has 2 aromatic rings. The van der Waals surface area contributed by atoms with Crippen LogP contribution in [0.4, 0.5) is 5.69 Å². The number of carbonyl (C=O) groups is 1. The Morgan fingerprint density at radius 3 is 2.36 bits per heavy atom. The van der Waals surface area contributed by atoms with Crippen LogP contribution in [0.2, 0.25) is 0 Å². The lowest BCUT2D eigenvalue weighted by molar-refractivity contribution is -0.401. The zero-order valence-electron chi connectivity index (χ0n) is 12.9. The molecule has 4 nitrogen and oxygen atoms in total. The molecule has 0 aliphatic carbocycles. The molecule has 1 atom stereocenters. The van der Waals surface area contributed by atoms with Gasteiger partial charge in [0.25, 0.3) is 5.91 Å². The number of anilines is 1. The quantitative estimate of drug-likeness (QED) is 0.691. The predicted molar refractivity (Wildman–Crippen MR) is 84.1 cm³/mol. The maximum absolute atomic E-state index is 12.3. The fraction of sp³-hybridized carbons (Fsp3) is 0.278. The van der Waals surface area contributed by atoms with Crippen molar-refractivity contribution in [1.29, 1.82) is 0 Å². The number of hydrogen-bond acceptors (Lipinski definition) is 3. The molecule has 0 fully saturated rings. The average Bonchev–Trinajstić information content (AvgIpc) is 2.79. The van der Waals surface area contributed by atoms with E-state index in [1.807, 2.05) is 68.4 Å². The van der Waals surface area contributed by atoms with Gasteiger partial charge in [0.2, 0.25) is 5.60 Å². The number of nitrogens with one attached hydrogen (secondary N) is 1. The van der Waals surface area contributed by atoms with E-state index in [0.29, 0.717) is 0 Å². The van der Waals surface area contributed by atoms with Gasteiger partial charge in [-0.25, -0.2) is 9.78 Å². The summed E-state index contributed by atoms with van der Waals surface area (Å²) in [6, 6.07) is 17.2. The van der Waals surface area contributed by atoms with Gasteiger partial charge in [0.05, 0.1) is 0 Å². The van der Waals surface area contributed by atoms with Crippen molar-refractivity contribution < 1.29 is 14.6 Å². The number of benzene rings is 2. The van der Waals surface area contributed by atoms with E-state index >= 15 is 0 Å². The Morgan fingerprint density at radius 1 is 1.00 bits per heavy atom.